The number of benzene rings is 1. The molecule has 0 spiro atoms. The van der Waals surface area contributed by atoms with E-state index in [1.807, 2.05) is 19.1 Å². The second-order valence-electron chi connectivity index (χ2n) is 5.41. The lowest BCUT2D eigenvalue weighted by atomic mass is 10.1. The van der Waals surface area contributed by atoms with E-state index in [0.29, 0.717) is 29.6 Å². The highest BCUT2D eigenvalue weighted by molar-refractivity contribution is 6.03. The van der Waals surface area contributed by atoms with Gasteiger partial charge in [0.2, 0.25) is 5.95 Å². The number of rotatable bonds is 5. The van der Waals surface area contributed by atoms with E-state index in [2.05, 4.69) is 37.9 Å². The summed E-state index contributed by atoms with van der Waals surface area (Å²) in [4.78, 5) is 20.4. The monoisotopic (exact) mass is 323 g/mol. The van der Waals surface area contributed by atoms with Crippen molar-refractivity contribution in [2.24, 2.45) is 0 Å². The van der Waals surface area contributed by atoms with Crippen LogP contribution < -0.4 is 10.6 Å². The third kappa shape index (κ3) is 3.95. The van der Waals surface area contributed by atoms with Gasteiger partial charge in [0.25, 0.3) is 5.91 Å². The zero-order valence-electron chi connectivity index (χ0n) is 13.4. The maximum Gasteiger partial charge on any atom is 0.260 e. The minimum absolute atomic E-state index is 0.339. The molecule has 7 nitrogen and oxygen atoms in total. The first kappa shape index (κ1) is 15.7. The maximum atomic E-state index is 12.1. The summed E-state index contributed by atoms with van der Waals surface area (Å²) in [5, 5.41) is 9.44. The Hall–Kier alpha value is -3.22. The van der Waals surface area contributed by atoms with Crippen molar-refractivity contribution in [3.63, 3.8) is 0 Å². The van der Waals surface area contributed by atoms with Crippen molar-refractivity contribution < 1.29 is 9.32 Å². The molecule has 0 aliphatic rings. The molecule has 2 aromatic heterocycles. The van der Waals surface area contributed by atoms with E-state index in [9.17, 15) is 4.79 Å². The zero-order chi connectivity index (χ0) is 16.9. The molecule has 1 amide bonds. The maximum absolute atomic E-state index is 12.1. The summed E-state index contributed by atoms with van der Waals surface area (Å²) in [6.07, 6.45) is 2.93. The number of amides is 1. The van der Waals surface area contributed by atoms with Gasteiger partial charge in [0, 0.05) is 25.0 Å². The molecule has 0 atom stereocenters. The van der Waals surface area contributed by atoms with Crippen LogP contribution in [0.5, 0.6) is 0 Å². The lowest BCUT2D eigenvalue weighted by molar-refractivity contribution is 0.102. The van der Waals surface area contributed by atoms with Gasteiger partial charge in [-0.1, -0.05) is 35.0 Å². The molecule has 0 radical (unpaired) electrons. The predicted molar refractivity (Wildman–Crippen MR) is 89.7 cm³/mol. The molecule has 2 heterocycles. The summed E-state index contributed by atoms with van der Waals surface area (Å²) in [5.41, 5.74) is 2.69. The smallest absolute Gasteiger partial charge is 0.260 e. The van der Waals surface area contributed by atoms with Crippen LogP contribution in [0, 0.1) is 13.8 Å². The SMILES string of the molecule is Cc1ccc(CNc2ncc(C(=O)Nc3cc(C)on3)cn2)cc1. The van der Waals surface area contributed by atoms with Gasteiger partial charge in [-0.25, -0.2) is 9.97 Å². The van der Waals surface area contributed by atoms with Gasteiger partial charge in [-0.3, -0.25) is 4.79 Å². The van der Waals surface area contributed by atoms with Gasteiger partial charge < -0.3 is 15.2 Å². The number of carbonyl (C=O) groups excluding carboxylic acids is 1. The van der Waals surface area contributed by atoms with Crippen molar-refractivity contribution >= 4 is 17.7 Å². The van der Waals surface area contributed by atoms with Gasteiger partial charge in [-0.05, 0) is 19.4 Å². The van der Waals surface area contributed by atoms with Gasteiger partial charge in [0.1, 0.15) is 5.76 Å². The summed E-state index contributed by atoms with van der Waals surface area (Å²) < 4.78 is 4.90. The Morgan fingerprint density at radius 1 is 1.12 bits per heavy atom. The highest BCUT2D eigenvalue weighted by Gasteiger charge is 2.10. The molecule has 0 saturated carbocycles. The van der Waals surface area contributed by atoms with Crippen LogP contribution in [0.4, 0.5) is 11.8 Å². The Bertz CT molecular complexity index is 825. The average molecular weight is 323 g/mol. The van der Waals surface area contributed by atoms with E-state index < -0.39 is 0 Å². The molecule has 24 heavy (non-hydrogen) atoms. The van der Waals surface area contributed by atoms with Gasteiger partial charge in [-0.15, -0.1) is 0 Å². The van der Waals surface area contributed by atoms with E-state index in [1.54, 1.807) is 13.0 Å². The molecule has 0 bridgehead atoms. The summed E-state index contributed by atoms with van der Waals surface area (Å²) >= 11 is 0. The molecule has 0 aliphatic carbocycles. The first-order valence-electron chi connectivity index (χ1n) is 7.46. The highest BCUT2D eigenvalue weighted by Crippen LogP contribution is 2.10. The first-order chi connectivity index (χ1) is 11.6. The summed E-state index contributed by atoms with van der Waals surface area (Å²) in [6, 6.07) is 9.83. The minimum Gasteiger partial charge on any atom is -0.360 e. The number of aryl methyl sites for hydroxylation is 2. The van der Waals surface area contributed by atoms with Crippen LogP contribution in [0.1, 0.15) is 27.2 Å². The second kappa shape index (κ2) is 6.91. The number of hydrogen-bond acceptors (Lipinski definition) is 6. The number of aromatic nitrogens is 3. The Morgan fingerprint density at radius 3 is 2.46 bits per heavy atom. The van der Waals surface area contributed by atoms with Crippen molar-refractivity contribution in [2.75, 3.05) is 10.6 Å². The van der Waals surface area contributed by atoms with E-state index in [4.69, 9.17) is 4.52 Å². The number of carbonyl (C=O) groups is 1. The normalized spacial score (nSPS) is 10.4. The van der Waals surface area contributed by atoms with E-state index in [-0.39, 0.29) is 5.91 Å². The van der Waals surface area contributed by atoms with E-state index in [0.717, 1.165) is 5.56 Å². The van der Waals surface area contributed by atoms with Gasteiger partial charge in [-0.2, -0.15) is 0 Å². The number of anilines is 2. The molecule has 0 saturated heterocycles. The molecule has 1 aromatic carbocycles. The molecule has 0 fully saturated rings. The van der Waals surface area contributed by atoms with E-state index in [1.165, 1.54) is 18.0 Å². The van der Waals surface area contributed by atoms with E-state index >= 15 is 0 Å². The van der Waals surface area contributed by atoms with Crippen LogP contribution >= 0.6 is 0 Å². The number of nitrogens with zero attached hydrogens (tertiary/aromatic N) is 3. The van der Waals surface area contributed by atoms with Crippen LogP contribution in [0.25, 0.3) is 0 Å². The van der Waals surface area contributed by atoms with Crippen LogP contribution in [-0.4, -0.2) is 21.0 Å². The van der Waals surface area contributed by atoms with Gasteiger partial charge in [0.05, 0.1) is 5.56 Å². The van der Waals surface area contributed by atoms with Crippen molar-refractivity contribution in [1.29, 1.82) is 0 Å². The average Bonchev–Trinajstić information content (AvgIpc) is 2.99. The fraction of sp³-hybridized carbons (Fsp3) is 0.176. The van der Waals surface area contributed by atoms with Crippen molar-refractivity contribution in [3.8, 4) is 0 Å². The second-order valence-corrected chi connectivity index (χ2v) is 5.41. The molecular formula is C17H17N5O2. The van der Waals surface area contributed by atoms with Gasteiger partial charge in [0.15, 0.2) is 5.82 Å². The summed E-state index contributed by atoms with van der Waals surface area (Å²) in [6.45, 7) is 4.41. The molecule has 7 heteroatoms. The third-order valence-corrected chi connectivity index (χ3v) is 3.35. The van der Waals surface area contributed by atoms with Crippen molar-refractivity contribution in [3.05, 3.63) is 65.2 Å². The van der Waals surface area contributed by atoms with Crippen molar-refractivity contribution in [1.82, 2.24) is 15.1 Å². The van der Waals surface area contributed by atoms with Crippen molar-refractivity contribution in [2.45, 2.75) is 20.4 Å². The number of nitrogens with one attached hydrogen (secondary N) is 2. The minimum atomic E-state index is -0.339. The number of hydrogen-bond donors (Lipinski definition) is 2. The fourth-order valence-corrected chi connectivity index (χ4v) is 2.04. The third-order valence-electron chi connectivity index (χ3n) is 3.35. The van der Waals surface area contributed by atoms with Gasteiger partial charge >= 0.3 is 0 Å². The Morgan fingerprint density at radius 2 is 1.83 bits per heavy atom. The topological polar surface area (TPSA) is 92.9 Å². The zero-order valence-corrected chi connectivity index (χ0v) is 13.4. The first-order valence-corrected chi connectivity index (χ1v) is 7.46. The van der Waals surface area contributed by atoms with Crippen LogP contribution in [-0.2, 0) is 6.54 Å². The molecule has 122 valence electrons. The largest absolute Gasteiger partial charge is 0.360 e. The molecule has 0 unspecified atom stereocenters. The van der Waals surface area contributed by atoms with Crippen LogP contribution in [0.2, 0.25) is 0 Å². The molecular weight excluding hydrogens is 306 g/mol. The highest BCUT2D eigenvalue weighted by atomic mass is 16.5. The molecule has 3 aromatic rings. The Balaban J connectivity index is 1.58. The van der Waals surface area contributed by atoms with Crippen LogP contribution in [0.3, 0.4) is 0 Å². The quantitative estimate of drug-likeness (QED) is 0.750. The lowest BCUT2D eigenvalue weighted by Crippen LogP contribution is -2.13. The lowest BCUT2D eigenvalue weighted by Gasteiger charge is -2.06. The standard InChI is InChI=1S/C17H17N5O2/c1-11-3-5-13(6-4-11)8-18-17-19-9-14(10-20-17)16(23)21-15-7-12(2)24-22-15/h3-7,9-10H,8H2,1-2H3,(H,18,19,20)(H,21,22,23). The van der Waals surface area contributed by atoms with Crippen LogP contribution in [0.15, 0.2) is 47.2 Å². The molecule has 2 N–H and O–H groups in total. The molecule has 0 aliphatic heterocycles. The fourth-order valence-electron chi connectivity index (χ4n) is 2.04. The summed E-state index contributed by atoms with van der Waals surface area (Å²) in [5.74, 6) is 1.11. The molecule has 3 rings (SSSR count). The Labute approximate surface area is 139 Å². The Kier molecular flexibility index (Phi) is 4.51. The summed E-state index contributed by atoms with van der Waals surface area (Å²) in [7, 11) is 0. The predicted octanol–water partition coefficient (Wildman–Crippen LogP) is 2.95.